The molecule has 2 aliphatic heterocycles. The van der Waals surface area contributed by atoms with Gasteiger partial charge in [0.25, 0.3) is 5.84 Å². The van der Waals surface area contributed by atoms with Crippen LogP contribution in [0.1, 0.15) is 6.92 Å². The van der Waals surface area contributed by atoms with Crippen LogP contribution in [0.25, 0.3) is 0 Å². The Labute approximate surface area is 70.4 Å². The van der Waals surface area contributed by atoms with Crippen LogP contribution in [-0.4, -0.2) is 16.9 Å². The first kappa shape index (κ1) is 6.88. The molecule has 0 N–H and O–H groups in total. The molecule has 0 amide bonds. The van der Waals surface area contributed by atoms with Gasteiger partial charge in [0, 0.05) is 18.0 Å². The summed E-state index contributed by atoms with van der Waals surface area (Å²) in [7, 11) is 0. The molecule has 2 aliphatic rings. The second-order valence-electron chi connectivity index (χ2n) is 2.52. The van der Waals surface area contributed by atoms with E-state index in [1.165, 1.54) is 0 Å². The second-order valence-corrected chi connectivity index (χ2v) is 2.95. The fraction of sp³-hybridized carbons (Fsp3) is 0.286. The first-order chi connectivity index (χ1) is 5.27. The lowest BCUT2D eigenvalue weighted by Crippen LogP contribution is -2.40. The molecule has 0 atom stereocenters. The summed E-state index contributed by atoms with van der Waals surface area (Å²) in [4.78, 5) is 6.00. The van der Waals surface area contributed by atoms with Crippen LogP contribution in [0.5, 0.6) is 0 Å². The van der Waals surface area contributed by atoms with Crippen molar-refractivity contribution in [1.29, 1.82) is 0 Å². The van der Waals surface area contributed by atoms with Gasteiger partial charge in [-0.15, -0.1) is 0 Å². The van der Waals surface area contributed by atoms with Crippen molar-refractivity contribution in [2.75, 3.05) is 6.67 Å². The smallest absolute Gasteiger partial charge is 0.237 e. The maximum Gasteiger partial charge on any atom is 0.288 e. The highest BCUT2D eigenvalue weighted by Crippen LogP contribution is 2.16. The monoisotopic (exact) mass is 168 g/mol. The molecule has 0 aromatic carbocycles. The summed E-state index contributed by atoms with van der Waals surface area (Å²) < 4.78 is 1.60. The van der Waals surface area contributed by atoms with Crippen LogP contribution < -0.4 is 4.90 Å². The first-order valence-corrected chi connectivity index (χ1v) is 3.65. The van der Waals surface area contributed by atoms with Crippen molar-refractivity contribution in [3.05, 3.63) is 24.2 Å². The average Bonchev–Trinajstić information content (AvgIpc) is 2.34. The van der Waals surface area contributed by atoms with Gasteiger partial charge in [-0.25, -0.2) is 4.42 Å². The van der Waals surface area contributed by atoms with Crippen molar-refractivity contribution in [3.63, 3.8) is 0 Å². The molecule has 2 radical (unpaired) electrons. The Morgan fingerprint density at radius 1 is 1.82 bits per heavy atom. The topological polar surface area (TPSA) is 21.5 Å². The highest BCUT2D eigenvalue weighted by molar-refractivity contribution is 6.15. The Balaban J connectivity index is 2.34. The molecule has 0 aromatic heterocycles. The zero-order valence-electron chi connectivity index (χ0n) is 6.08. The maximum atomic E-state index is 5.79. The number of fused-ring (bicyclic) bond motifs is 1. The summed E-state index contributed by atoms with van der Waals surface area (Å²) in [5.74, 6) is 0.946. The van der Waals surface area contributed by atoms with Crippen LogP contribution in [0.4, 0.5) is 0 Å². The van der Waals surface area contributed by atoms with Gasteiger partial charge in [0.15, 0.2) is 12.4 Å². The summed E-state index contributed by atoms with van der Waals surface area (Å²) in [6, 6.07) is 0. The lowest BCUT2D eigenvalue weighted by Gasteiger charge is -2.17. The molecule has 0 aliphatic carbocycles. The molecule has 0 spiro atoms. The zero-order chi connectivity index (χ0) is 7.84. The molecular weight excluding hydrogens is 162 g/mol. The van der Waals surface area contributed by atoms with E-state index in [2.05, 4.69) is 11.2 Å². The molecule has 11 heavy (non-hydrogen) atoms. The van der Waals surface area contributed by atoms with Crippen molar-refractivity contribution in [3.8, 4) is 0 Å². The van der Waals surface area contributed by atoms with Crippen molar-refractivity contribution >= 4 is 17.6 Å². The molecule has 0 aromatic rings. The van der Waals surface area contributed by atoms with Gasteiger partial charge in [-0.2, -0.15) is 4.99 Å². The van der Waals surface area contributed by atoms with Crippen LogP contribution in [0.15, 0.2) is 23.0 Å². The molecule has 0 fully saturated rings. The van der Waals surface area contributed by atoms with Crippen molar-refractivity contribution in [2.45, 2.75) is 6.92 Å². The predicted molar refractivity (Wildman–Crippen MR) is 43.7 cm³/mol. The van der Waals surface area contributed by atoms with Crippen LogP contribution in [0.2, 0.25) is 0 Å². The second kappa shape index (κ2) is 2.36. The van der Waals surface area contributed by atoms with Gasteiger partial charge in [-0.3, -0.25) is 0 Å². The summed E-state index contributed by atoms with van der Waals surface area (Å²) in [5, 5.41) is 0. The first-order valence-electron chi connectivity index (χ1n) is 3.32. The number of hydrogen-bond acceptors (Lipinski definition) is 3. The zero-order valence-corrected chi connectivity index (χ0v) is 6.84. The molecule has 0 saturated carbocycles. The number of amidine groups is 1. The highest BCUT2D eigenvalue weighted by atomic mass is 35.5. The van der Waals surface area contributed by atoms with Crippen LogP contribution >= 0.6 is 11.8 Å². The van der Waals surface area contributed by atoms with Gasteiger partial charge in [-0.1, -0.05) is 4.90 Å². The lowest BCUT2D eigenvalue weighted by atomic mass is 10.2. The van der Waals surface area contributed by atoms with E-state index in [-0.39, 0.29) is 0 Å². The van der Waals surface area contributed by atoms with E-state index in [1.807, 2.05) is 18.0 Å². The molecule has 56 valence electrons. The third-order valence-electron chi connectivity index (χ3n) is 1.63. The summed E-state index contributed by atoms with van der Waals surface area (Å²) >= 11 is 5.79. The van der Waals surface area contributed by atoms with Gasteiger partial charge >= 0.3 is 0 Å². The van der Waals surface area contributed by atoms with Crippen LogP contribution in [-0.2, 0) is 0 Å². The SMILES string of the molecule is CC1=CN(Cl)C[N+]2C=[C]N=C12. The van der Waals surface area contributed by atoms with Gasteiger partial charge < -0.3 is 0 Å². The Morgan fingerprint density at radius 3 is 3.45 bits per heavy atom. The van der Waals surface area contributed by atoms with Gasteiger partial charge in [0.1, 0.15) is 0 Å². The number of aliphatic imine (C=N–C) groups is 1. The molecule has 2 rings (SSSR count). The molecule has 0 unspecified atom stereocenters. The maximum absolute atomic E-state index is 5.79. The van der Waals surface area contributed by atoms with E-state index in [1.54, 1.807) is 10.6 Å². The van der Waals surface area contributed by atoms with Gasteiger partial charge in [0.2, 0.25) is 6.67 Å². The Bertz CT molecular complexity index is 267. The van der Waals surface area contributed by atoms with Crippen LogP contribution in [0, 0.1) is 6.20 Å². The number of halogens is 1. The van der Waals surface area contributed by atoms with E-state index in [0.29, 0.717) is 6.67 Å². The third-order valence-corrected chi connectivity index (χ3v) is 1.83. The van der Waals surface area contributed by atoms with Gasteiger partial charge in [-0.05, 0) is 6.92 Å². The highest BCUT2D eigenvalue weighted by Gasteiger charge is 2.32. The minimum absolute atomic E-state index is 0.644. The Hall–Kier alpha value is -0.800. The van der Waals surface area contributed by atoms with Crippen molar-refractivity contribution in [1.82, 2.24) is 9.32 Å². The van der Waals surface area contributed by atoms with Crippen molar-refractivity contribution < 1.29 is 0 Å². The molecule has 4 heteroatoms. The fourth-order valence-corrected chi connectivity index (χ4v) is 1.42. The third kappa shape index (κ3) is 1.06. The summed E-state index contributed by atoms with van der Waals surface area (Å²) in [5.41, 5.74) is 1.06. The molecule has 0 saturated heterocycles. The molecule has 0 bridgehead atoms. The van der Waals surface area contributed by atoms with E-state index in [9.17, 15) is 0 Å². The van der Waals surface area contributed by atoms with E-state index in [4.69, 9.17) is 11.8 Å². The van der Waals surface area contributed by atoms with E-state index < -0.39 is 0 Å². The molecule has 3 nitrogen and oxygen atoms in total. The number of nitrogens with zero attached hydrogens (tertiary/aromatic N) is 3. The summed E-state index contributed by atoms with van der Waals surface area (Å²) in [6.07, 6.45) is 6.43. The average molecular weight is 169 g/mol. The van der Waals surface area contributed by atoms with E-state index >= 15 is 0 Å². The Morgan fingerprint density at radius 2 is 2.64 bits per heavy atom. The predicted octanol–water partition coefficient (Wildman–Crippen LogP) is 1.14. The normalized spacial score (nSPS) is 23.3. The fourth-order valence-electron chi connectivity index (χ4n) is 1.16. The Kier molecular flexibility index (Phi) is 1.47. The molecule has 2 heterocycles. The lowest BCUT2D eigenvalue weighted by molar-refractivity contribution is 0.491. The summed E-state index contributed by atoms with van der Waals surface area (Å²) in [6.45, 7) is 2.62. The molecular formula is C7H7ClN3+. The minimum Gasteiger partial charge on any atom is -0.237 e. The quantitative estimate of drug-likeness (QED) is 0.393. The van der Waals surface area contributed by atoms with Crippen molar-refractivity contribution in [2.24, 2.45) is 4.99 Å². The largest absolute Gasteiger partial charge is 0.288 e. The standard InChI is InChI=1S/C7H7ClN3/c1-6-4-11(8)5-10-3-2-9-7(6)10/h3-4H,5H2,1H3/q+1. The number of hydrogen-bond donors (Lipinski definition) is 0. The van der Waals surface area contributed by atoms with E-state index in [0.717, 1.165) is 11.4 Å². The van der Waals surface area contributed by atoms with Gasteiger partial charge in [0.05, 0.1) is 5.57 Å². The number of rotatable bonds is 0. The van der Waals surface area contributed by atoms with Crippen LogP contribution in [0.3, 0.4) is 0 Å². The minimum atomic E-state index is 0.644.